The highest BCUT2D eigenvalue weighted by Crippen LogP contribution is 2.32. The van der Waals surface area contributed by atoms with Gasteiger partial charge in [0.25, 0.3) is 0 Å². The molecule has 3 heterocycles. The molecule has 144 valence electrons. The van der Waals surface area contributed by atoms with Crippen LogP contribution in [0.5, 0.6) is 0 Å². The summed E-state index contributed by atoms with van der Waals surface area (Å²) in [5, 5.41) is 9.22. The Morgan fingerprint density at radius 2 is 2.32 bits per heavy atom. The van der Waals surface area contributed by atoms with E-state index in [1.54, 1.807) is 0 Å². The number of thiophene rings is 1. The zero-order valence-corrected chi connectivity index (χ0v) is 15.9. The summed E-state index contributed by atoms with van der Waals surface area (Å²) in [7, 11) is 0. The fourth-order valence-electron chi connectivity index (χ4n) is 2.45. The lowest BCUT2D eigenvalue weighted by atomic mass is 10.0. The standard InChI is InChI=1S/C20H19ClFN5S/c1-12-6-13(7-14(9-23)18(12)22)10-27-4-2-15(3-5-27)26-19-16-8-17(21)28-20(16)25-11-24-19/h6-8,11,15H,2-5,10H2,1H3,(H,24,25,26)/i2D2,3D2,6D,7D,8D,10D2,11D,15D/hD. The maximum atomic E-state index is 14.5. The number of benzene rings is 1. The van der Waals surface area contributed by atoms with Crippen LogP contribution >= 0.6 is 22.9 Å². The number of aromatic nitrogens is 2. The molecule has 28 heavy (non-hydrogen) atoms. The number of piperidine rings is 1. The van der Waals surface area contributed by atoms with Gasteiger partial charge in [0, 0.05) is 33.8 Å². The van der Waals surface area contributed by atoms with E-state index in [9.17, 15) is 9.65 Å². The summed E-state index contributed by atoms with van der Waals surface area (Å²) >= 11 is 6.80. The van der Waals surface area contributed by atoms with E-state index in [-0.39, 0.29) is 25.9 Å². The molecule has 1 aliphatic heterocycles. The zero-order chi connectivity index (χ0) is 30.3. The predicted octanol–water partition coefficient (Wildman–Crippen LogP) is 4.74. The van der Waals surface area contributed by atoms with Gasteiger partial charge in [-0.05, 0) is 42.9 Å². The Hall–Kier alpha value is -2.27. The van der Waals surface area contributed by atoms with E-state index in [0.717, 1.165) is 18.3 Å². The fourth-order valence-corrected chi connectivity index (χ4v) is 3.42. The molecule has 3 aromatic rings. The third-order valence-electron chi connectivity index (χ3n) is 3.74. The van der Waals surface area contributed by atoms with Crippen molar-refractivity contribution in [1.29, 1.82) is 5.26 Å². The first kappa shape index (κ1) is 9.49. The maximum Gasteiger partial charge on any atom is 0.162 e. The Bertz CT molecular complexity index is 1570. The van der Waals surface area contributed by atoms with Crippen molar-refractivity contribution in [3.05, 3.63) is 51.3 Å². The number of halogens is 2. The van der Waals surface area contributed by atoms with Crippen molar-refractivity contribution >= 4 is 39.0 Å². The molecule has 5 nitrogen and oxygen atoms in total. The molecule has 1 aliphatic rings. The summed E-state index contributed by atoms with van der Waals surface area (Å²) in [5.41, 5.74) is -2.04. The molecule has 8 heteroatoms. The van der Waals surface area contributed by atoms with E-state index in [2.05, 4.69) is 9.97 Å². The van der Waals surface area contributed by atoms with Crippen LogP contribution in [0.2, 0.25) is 5.75 Å². The number of nitriles is 1. The van der Waals surface area contributed by atoms with Gasteiger partial charge in [0.2, 0.25) is 0 Å². The van der Waals surface area contributed by atoms with Gasteiger partial charge in [-0.3, -0.25) is 4.90 Å². The molecule has 0 unspecified atom stereocenters. The first-order chi connectivity index (χ1) is 18.2. The van der Waals surface area contributed by atoms with Crippen LogP contribution in [-0.2, 0) is 6.50 Å². The van der Waals surface area contributed by atoms with E-state index in [1.807, 2.05) is 0 Å². The highest BCUT2D eigenvalue weighted by Gasteiger charge is 2.21. The number of rotatable bonds is 4. The third kappa shape index (κ3) is 3.95. The second-order valence-corrected chi connectivity index (χ2v) is 7.26. The van der Waals surface area contributed by atoms with Crippen molar-refractivity contribution in [2.75, 3.05) is 18.4 Å². The number of nitrogens with zero attached hydrogens (tertiary/aromatic N) is 4. The largest absolute Gasteiger partial charge is 0.367 e. The topological polar surface area (TPSA) is 64.8 Å². The summed E-state index contributed by atoms with van der Waals surface area (Å²) in [6, 6.07) is -3.76. The first-order valence-electron chi connectivity index (χ1n) is 13.9. The molecule has 0 bridgehead atoms. The van der Waals surface area contributed by atoms with Gasteiger partial charge in [0.1, 0.15) is 30.2 Å². The van der Waals surface area contributed by atoms with Gasteiger partial charge in [-0.15, -0.1) is 11.3 Å². The highest BCUT2D eigenvalue weighted by atomic mass is 35.5. The average Bonchev–Trinajstić information content (AvgIpc) is 3.12. The van der Waals surface area contributed by atoms with Gasteiger partial charge >= 0.3 is 0 Å². The Kier molecular flexibility index (Phi) is 2.71. The van der Waals surface area contributed by atoms with Crippen LogP contribution in [0.1, 0.15) is 44.5 Å². The molecule has 0 spiro atoms. The van der Waals surface area contributed by atoms with E-state index >= 15 is 0 Å². The van der Waals surface area contributed by atoms with Crippen molar-refractivity contribution in [1.82, 2.24) is 14.9 Å². The molecule has 0 atom stereocenters. The molecule has 1 aromatic carbocycles. The van der Waals surface area contributed by atoms with E-state index in [0.29, 0.717) is 4.90 Å². The second-order valence-electron chi connectivity index (χ2n) is 5.66. The minimum Gasteiger partial charge on any atom is -0.367 e. The number of nitrogens with one attached hydrogen (secondary N) is 1. The van der Waals surface area contributed by atoms with Crippen molar-refractivity contribution in [3.63, 3.8) is 0 Å². The number of likely N-dealkylation sites (tertiary alicyclic amines) is 1. The Labute approximate surface area is 188 Å². The van der Waals surface area contributed by atoms with Crippen LogP contribution in [-0.4, -0.2) is 34.0 Å². The average molecular weight is 428 g/mol. The molecule has 4 rings (SSSR count). The highest BCUT2D eigenvalue weighted by molar-refractivity contribution is 7.22. The summed E-state index contributed by atoms with van der Waals surface area (Å²) in [6.45, 7) is -3.97. The number of anilines is 1. The van der Waals surface area contributed by atoms with E-state index in [1.165, 1.54) is 6.07 Å². The monoisotopic (exact) mass is 427 g/mol. The lowest BCUT2D eigenvalue weighted by Crippen LogP contribution is -2.38. The van der Waals surface area contributed by atoms with Gasteiger partial charge in [-0.1, -0.05) is 17.6 Å². The molecule has 0 aliphatic carbocycles. The zero-order valence-electron chi connectivity index (χ0n) is 26.3. The summed E-state index contributed by atoms with van der Waals surface area (Å²) < 4.78 is 117. The molecule has 1 N–H and O–H groups in total. The van der Waals surface area contributed by atoms with Crippen molar-refractivity contribution in [2.45, 2.75) is 32.2 Å². The number of hydrogen-bond acceptors (Lipinski definition) is 6. The molecule has 0 radical (unpaired) electrons. The van der Waals surface area contributed by atoms with Crippen molar-refractivity contribution < 1.29 is 20.9 Å². The first-order valence-corrected chi connectivity index (χ1v) is 9.11. The lowest BCUT2D eigenvalue weighted by Gasteiger charge is -2.32. The lowest BCUT2D eigenvalue weighted by molar-refractivity contribution is 0.211. The third-order valence-corrected chi connectivity index (χ3v) is 4.84. The van der Waals surface area contributed by atoms with Gasteiger partial charge in [0.15, 0.2) is 1.41 Å². The van der Waals surface area contributed by atoms with Crippen LogP contribution in [0, 0.1) is 24.1 Å². The maximum absolute atomic E-state index is 14.5. The summed E-state index contributed by atoms with van der Waals surface area (Å²) in [5.74, 6) is -1.79. The molecule has 0 saturated carbocycles. The minimum atomic E-state index is -3.15. The Balaban J connectivity index is 1.86. The molecule has 2 aromatic heterocycles. The second kappa shape index (κ2) is 8.00. The smallest absolute Gasteiger partial charge is 0.162 e. The van der Waals surface area contributed by atoms with Crippen molar-refractivity contribution in [2.24, 2.45) is 0 Å². The molecule has 1 fully saturated rings. The SMILES string of the molecule is [2H]c1nc(N([2H])C2([2H])C([2H])([2H])CN(C([2H])([2H])c3c([2H])c(C)c(F)c(C#N)c3[2H])CC2([2H])[2H])c2c([2H])c(Cl)sc2n1. The van der Waals surface area contributed by atoms with Crippen LogP contribution in [0.3, 0.4) is 0 Å². The van der Waals surface area contributed by atoms with E-state index in [4.69, 9.17) is 28.1 Å². The van der Waals surface area contributed by atoms with Gasteiger partial charge < -0.3 is 5.31 Å². The Morgan fingerprint density at radius 3 is 3.07 bits per heavy atom. The predicted molar refractivity (Wildman–Crippen MR) is 110 cm³/mol. The fraction of sp³-hybridized carbons (Fsp3) is 0.350. The van der Waals surface area contributed by atoms with Gasteiger partial charge in [-0.25, -0.2) is 14.4 Å². The van der Waals surface area contributed by atoms with Crippen LogP contribution in [0.25, 0.3) is 10.2 Å². The normalized spacial score (nSPS) is 27.1. The molecule has 1 saturated heterocycles. The summed E-state index contributed by atoms with van der Waals surface area (Å²) in [6.07, 6.45) is -6.81. The van der Waals surface area contributed by atoms with Gasteiger partial charge in [0.05, 0.1) is 20.8 Å². The minimum absolute atomic E-state index is 0.00771. The number of fused-ring (bicyclic) bond motifs is 1. The van der Waals surface area contributed by atoms with Crippen LogP contribution < -0.4 is 5.31 Å². The number of hydrogen-bond donors (Lipinski definition) is 1. The molecular weight excluding hydrogens is 397 g/mol. The van der Waals surface area contributed by atoms with E-state index < -0.39 is 85.1 Å². The molecule has 0 amide bonds. The quantitative estimate of drug-likeness (QED) is 0.651. The van der Waals surface area contributed by atoms with Crippen molar-refractivity contribution in [3.8, 4) is 6.07 Å². The van der Waals surface area contributed by atoms with Crippen LogP contribution in [0.15, 0.2) is 24.4 Å². The van der Waals surface area contributed by atoms with Crippen LogP contribution in [0.4, 0.5) is 10.2 Å². The summed E-state index contributed by atoms with van der Waals surface area (Å²) in [4.78, 5) is 8.19. The van der Waals surface area contributed by atoms with Gasteiger partial charge in [-0.2, -0.15) is 5.26 Å². The Morgan fingerprint density at radius 1 is 1.54 bits per heavy atom. The molecular formula is C20H19ClFN5S.